The lowest BCUT2D eigenvalue weighted by Gasteiger charge is -2.15. The van der Waals surface area contributed by atoms with Gasteiger partial charge in [-0.25, -0.2) is 9.18 Å². The minimum atomic E-state index is -5.08. The Labute approximate surface area is 185 Å². The molecule has 6 nitrogen and oxygen atoms in total. The molecule has 172 valence electrons. The number of fused-ring (bicyclic) bond motifs is 1. The van der Waals surface area contributed by atoms with Crippen LogP contribution in [0.1, 0.15) is 21.5 Å². The third-order valence-electron chi connectivity index (χ3n) is 4.36. The number of amides is 1. The van der Waals surface area contributed by atoms with Gasteiger partial charge in [-0.2, -0.15) is 13.2 Å². The molecule has 1 aliphatic heterocycles. The molecule has 2 aromatic rings. The molecule has 1 amide bonds. The van der Waals surface area contributed by atoms with E-state index in [0.717, 1.165) is 11.1 Å². The van der Waals surface area contributed by atoms with Gasteiger partial charge in [0, 0.05) is 35.8 Å². The van der Waals surface area contributed by atoms with Crippen LogP contribution < -0.4 is 10.5 Å². The highest BCUT2D eigenvalue weighted by molar-refractivity contribution is 6.30. The van der Waals surface area contributed by atoms with E-state index < -0.39 is 12.1 Å². The van der Waals surface area contributed by atoms with Crippen LogP contribution >= 0.6 is 11.6 Å². The number of nitrogens with zero attached hydrogens (tertiary/aromatic N) is 1. The number of aliphatic carboxylic acids is 1. The quantitative estimate of drug-likeness (QED) is 0.630. The number of rotatable bonds is 5. The third-order valence-corrected chi connectivity index (χ3v) is 4.60. The molecule has 0 saturated carbocycles. The van der Waals surface area contributed by atoms with Crippen LogP contribution in [-0.4, -0.2) is 41.2 Å². The highest BCUT2D eigenvalue weighted by atomic mass is 35.5. The summed E-state index contributed by atoms with van der Waals surface area (Å²) in [6, 6.07) is 12.5. The fourth-order valence-corrected chi connectivity index (χ4v) is 2.89. The molecule has 32 heavy (non-hydrogen) atoms. The molecule has 0 radical (unpaired) electrons. The number of nitrogens with two attached hydrogens (primary N) is 1. The standard InChI is InChI=1S/C19H18ClFN2O2.C2HF3O2/c20-17-4-1-15-10-23(11-16(15)7-17)19(24)14-2-5-18(6-3-14)25-12-13(8-21)9-22;3-2(4,5)1(6)7/h1-8H,9-12,22H2;(H,6,7). The minimum absolute atomic E-state index is 0.0508. The van der Waals surface area contributed by atoms with E-state index in [2.05, 4.69) is 0 Å². The fourth-order valence-electron chi connectivity index (χ4n) is 2.69. The van der Waals surface area contributed by atoms with Crippen molar-refractivity contribution in [2.24, 2.45) is 5.73 Å². The van der Waals surface area contributed by atoms with E-state index in [-0.39, 0.29) is 19.1 Å². The van der Waals surface area contributed by atoms with Crippen molar-refractivity contribution in [2.45, 2.75) is 19.3 Å². The summed E-state index contributed by atoms with van der Waals surface area (Å²) in [7, 11) is 0. The molecule has 1 heterocycles. The van der Waals surface area contributed by atoms with Gasteiger partial charge in [-0.3, -0.25) is 4.79 Å². The summed E-state index contributed by atoms with van der Waals surface area (Å²) in [5, 5.41) is 7.80. The largest absolute Gasteiger partial charge is 0.490 e. The highest BCUT2D eigenvalue weighted by Gasteiger charge is 2.38. The second-order valence-corrected chi connectivity index (χ2v) is 7.10. The normalized spacial score (nSPS) is 13.2. The highest BCUT2D eigenvalue weighted by Crippen LogP contribution is 2.27. The van der Waals surface area contributed by atoms with Crippen molar-refractivity contribution in [3.63, 3.8) is 0 Å². The Morgan fingerprint density at radius 1 is 1.12 bits per heavy atom. The van der Waals surface area contributed by atoms with Crippen LogP contribution in [0.4, 0.5) is 17.6 Å². The molecule has 0 saturated heterocycles. The Morgan fingerprint density at radius 3 is 2.25 bits per heavy atom. The molecule has 0 spiro atoms. The lowest BCUT2D eigenvalue weighted by molar-refractivity contribution is -0.192. The van der Waals surface area contributed by atoms with Gasteiger partial charge in [0.1, 0.15) is 12.4 Å². The first kappa shape index (κ1) is 25.2. The Kier molecular flexibility index (Phi) is 8.62. The number of carboxylic acids is 1. The van der Waals surface area contributed by atoms with Crippen LogP contribution in [-0.2, 0) is 17.9 Å². The number of carboxylic acid groups (broad SMARTS) is 1. The van der Waals surface area contributed by atoms with Gasteiger partial charge in [-0.15, -0.1) is 0 Å². The van der Waals surface area contributed by atoms with Crippen LogP contribution in [0.3, 0.4) is 0 Å². The number of carbonyl (C=O) groups excluding carboxylic acids is 1. The average Bonchev–Trinajstić information content (AvgIpc) is 3.17. The van der Waals surface area contributed by atoms with E-state index in [1.165, 1.54) is 0 Å². The average molecular weight is 475 g/mol. The van der Waals surface area contributed by atoms with E-state index in [9.17, 15) is 22.4 Å². The fraction of sp³-hybridized carbons (Fsp3) is 0.238. The smallest absolute Gasteiger partial charge is 0.489 e. The number of carbonyl (C=O) groups is 2. The van der Waals surface area contributed by atoms with Crippen molar-refractivity contribution < 1.29 is 37.0 Å². The maximum Gasteiger partial charge on any atom is 0.490 e. The first-order valence-corrected chi connectivity index (χ1v) is 9.50. The maximum atomic E-state index is 12.6. The zero-order chi connectivity index (χ0) is 23.9. The number of hydrogen-bond donors (Lipinski definition) is 2. The third kappa shape index (κ3) is 6.96. The predicted octanol–water partition coefficient (Wildman–Crippen LogP) is 4.32. The second kappa shape index (κ2) is 11.0. The van der Waals surface area contributed by atoms with Gasteiger partial charge in [-0.1, -0.05) is 17.7 Å². The molecule has 11 heteroatoms. The van der Waals surface area contributed by atoms with E-state index in [4.69, 9.17) is 32.0 Å². The molecule has 0 bridgehead atoms. The number of alkyl halides is 3. The van der Waals surface area contributed by atoms with E-state index in [1.54, 1.807) is 29.2 Å². The summed E-state index contributed by atoms with van der Waals surface area (Å²) in [6.45, 7) is 1.31. The van der Waals surface area contributed by atoms with E-state index in [1.807, 2.05) is 18.2 Å². The van der Waals surface area contributed by atoms with Gasteiger partial charge in [0.05, 0.1) is 6.33 Å². The summed E-state index contributed by atoms with van der Waals surface area (Å²) < 4.78 is 49.6. The maximum absolute atomic E-state index is 12.6. The van der Waals surface area contributed by atoms with Crippen molar-refractivity contribution >= 4 is 23.5 Å². The first-order valence-electron chi connectivity index (χ1n) is 9.13. The lowest BCUT2D eigenvalue weighted by atomic mass is 10.1. The van der Waals surface area contributed by atoms with Crippen LogP contribution in [0.2, 0.25) is 5.02 Å². The Hall–Kier alpha value is -3.11. The summed E-state index contributed by atoms with van der Waals surface area (Å²) in [6.07, 6.45) is -4.63. The van der Waals surface area contributed by atoms with Crippen molar-refractivity contribution in [2.75, 3.05) is 13.2 Å². The van der Waals surface area contributed by atoms with Crippen molar-refractivity contribution in [3.05, 3.63) is 76.1 Å². The topological polar surface area (TPSA) is 92.9 Å². The molecule has 3 rings (SSSR count). The lowest BCUT2D eigenvalue weighted by Crippen LogP contribution is -2.25. The molecule has 0 aliphatic carbocycles. The Balaban J connectivity index is 0.000000451. The molecule has 3 N–H and O–H groups in total. The van der Waals surface area contributed by atoms with Gasteiger partial charge < -0.3 is 20.5 Å². The molecule has 0 unspecified atom stereocenters. The molecule has 0 atom stereocenters. The van der Waals surface area contributed by atoms with Gasteiger partial charge >= 0.3 is 12.1 Å². The molecule has 0 fully saturated rings. The van der Waals surface area contributed by atoms with Gasteiger partial charge in [0.15, 0.2) is 0 Å². The van der Waals surface area contributed by atoms with Crippen LogP contribution in [0.15, 0.2) is 54.4 Å². The van der Waals surface area contributed by atoms with Crippen LogP contribution in [0.25, 0.3) is 0 Å². The number of halogens is 5. The molecule has 0 aromatic heterocycles. The van der Waals surface area contributed by atoms with Gasteiger partial charge in [0.25, 0.3) is 5.91 Å². The van der Waals surface area contributed by atoms with Crippen molar-refractivity contribution in [3.8, 4) is 5.75 Å². The second-order valence-electron chi connectivity index (χ2n) is 6.66. The minimum Gasteiger partial charge on any atom is -0.489 e. The first-order chi connectivity index (χ1) is 15.0. The predicted molar refractivity (Wildman–Crippen MR) is 109 cm³/mol. The number of hydrogen-bond acceptors (Lipinski definition) is 4. The van der Waals surface area contributed by atoms with Crippen LogP contribution in [0.5, 0.6) is 5.75 Å². The number of benzene rings is 2. The number of ether oxygens (including phenoxy) is 1. The zero-order valence-corrected chi connectivity index (χ0v) is 17.3. The molecular formula is C21H19ClF4N2O4. The van der Waals surface area contributed by atoms with Crippen molar-refractivity contribution in [1.82, 2.24) is 4.90 Å². The van der Waals surface area contributed by atoms with E-state index >= 15 is 0 Å². The van der Waals surface area contributed by atoms with Gasteiger partial charge in [-0.05, 0) is 47.5 Å². The molecule has 1 aliphatic rings. The van der Waals surface area contributed by atoms with Crippen molar-refractivity contribution in [1.29, 1.82) is 0 Å². The Morgan fingerprint density at radius 2 is 1.72 bits per heavy atom. The molecule has 2 aromatic carbocycles. The molecular weight excluding hydrogens is 456 g/mol. The summed E-state index contributed by atoms with van der Waals surface area (Å²) in [5.74, 6) is -2.25. The van der Waals surface area contributed by atoms with Crippen LogP contribution in [0, 0.1) is 0 Å². The van der Waals surface area contributed by atoms with Gasteiger partial charge in [0.2, 0.25) is 0 Å². The summed E-state index contributed by atoms with van der Waals surface area (Å²) in [5.41, 5.74) is 8.52. The monoisotopic (exact) mass is 474 g/mol. The summed E-state index contributed by atoms with van der Waals surface area (Å²) >= 11 is 6.01. The van der Waals surface area contributed by atoms with E-state index in [0.29, 0.717) is 41.3 Å². The summed E-state index contributed by atoms with van der Waals surface area (Å²) in [4.78, 5) is 23.3. The SMILES string of the molecule is NCC(=CF)COc1ccc(C(=O)N2Cc3ccc(Cl)cc3C2)cc1.O=C(O)C(F)(F)F. The Bertz CT molecular complexity index is 994. The zero-order valence-electron chi connectivity index (χ0n) is 16.5.